The van der Waals surface area contributed by atoms with Gasteiger partial charge >= 0.3 is 0 Å². The van der Waals surface area contributed by atoms with Crippen LogP contribution >= 0.6 is 6.34 Å². The van der Waals surface area contributed by atoms with E-state index < -0.39 is 6.34 Å². The highest BCUT2D eigenvalue weighted by Gasteiger charge is 2.39. The van der Waals surface area contributed by atoms with Crippen molar-refractivity contribution >= 4 is 29.4 Å². The van der Waals surface area contributed by atoms with Crippen LogP contribution in [-0.4, -0.2) is 109 Å². The second kappa shape index (κ2) is 10.5. The first-order chi connectivity index (χ1) is 14.0. The summed E-state index contributed by atoms with van der Waals surface area (Å²) in [5.41, 5.74) is 2.12. The Morgan fingerprint density at radius 1 is 0.897 bits per heavy atom. The molecule has 0 amide bonds. The van der Waals surface area contributed by atoms with Gasteiger partial charge in [-0.25, -0.2) is 4.99 Å². The van der Waals surface area contributed by atoms with Gasteiger partial charge in [0.1, 0.15) is 6.34 Å². The molecular formula is C21H37N6PS. The quantitative estimate of drug-likeness (QED) is 0.387. The Labute approximate surface area is 182 Å². The lowest BCUT2D eigenvalue weighted by atomic mass is 10.3. The summed E-state index contributed by atoms with van der Waals surface area (Å²) in [6.07, 6.45) is -2.15. The standard InChI is InChI=1S/C21H37N6PS/c1-5-24-12-16-26(17-13-24)21(22-20-10-8-7-9-11-20)28(29,23(3)4)27-18-14-25(6-2)15-19-27/h7-11H,5-6,12-19H2,1-4H3/t28-/m1/s1. The third kappa shape index (κ3) is 5.27. The Hall–Kier alpha value is -0.820. The van der Waals surface area contributed by atoms with Crippen molar-refractivity contribution in [3.05, 3.63) is 30.3 Å². The number of aliphatic imine (C=N–C) groups is 1. The van der Waals surface area contributed by atoms with Gasteiger partial charge in [-0.05, 0) is 39.3 Å². The highest BCUT2D eigenvalue weighted by Crippen LogP contribution is 2.55. The Bertz CT molecular complexity index is 709. The summed E-state index contributed by atoms with van der Waals surface area (Å²) in [5.74, 6) is 0. The SMILES string of the molecule is CCN1CCN(C(=Nc2ccccc2)[P@@](=S)(N(C)C)N2CCN(CC)CC2)CC1. The largest absolute Gasteiger partial charge is 0.351 e. The Morgan fingerprint density at radius 2 is 1.41 bits per heavy atom. The lowest BCUT2D eigenvalue weighted by Crippen LogP contribution is -2.52. The molecule has 2 fully saturated rings. The highest BCUT2D eigenvalue weighted by molar-refractivity contribution is 8.20. The average molecular weight is 437 g/mol. The van der Waals surface area contributed by atoms with Crippen molar-refractivity contribution in [1.82, 2.24) is 24.0 Å². The number of amidine groups is 1. The molecule has 2 aliphatic rings. The molecule has 0 saturated carbocycles. The number of hydrogen-bond donors (Lipinski definition) is 0. The van der Waals surface area contributed by atoms with Gasteiger partial charge < -0.3 is 14.7 Å². The van der Waals surface area contributed by atoms with Crippen LogP contribution in [0.3, 0.4) is 0 Å². The van der Waals surface area contributed by atoms with Gasteiger partial charge in [0, 0.05) is 52.4 Å². The Balaban J connectivity index is 1.96. The molecule has 6 nitrogen and oxygen atoms in total. The minimum atomic E-state index is -2.15. The summed E-state index contributed by atoms with van der Waals surface area (Å²) < 4.78 is 4.85. The van der Waals surface area contributed by atoms with E-state index in [0.29, 0.717) is 0 Å². The maximum absolute atomic E-state index is 6.54. The second-order valence-electron chi connectivity index (χ2n) is 7.95. The van der Waals surface area contributed by atoms with Crippen molar-refractivity contribution in [3.8, 4) is 0 Å². The van der Waals surface area contributed by atoms with Crippen LogP contribution < -0.4 is 0 Å². The normalized spacial score (nSPS) is 22.8. The zero-order valence-corrected chi connectivity index (χ0v) is 20.2. The molecule has 29 heavy (non-hydrogen) atoms. The number of benzene rings is 1. The summed E-state index contributed by atoms with van der Waals surface area (Å²) in [6, 6.07) is 10.3. The predicted octanol–water partition coefficient (Wildman–Crippen LogP) is 2.82. The van der Waals surface area contributed by atoms with Crippen LogP contribution in [-0.2, 0) is 11.8 Å². The smallest absolute Gasteiger partial charge is 0.167 e. The molecule has 2 aliphatic heterocycles. The predicted molar refractivity (Wildman–Crippen MR) is 129 cm³/mol. The van der Waals surface area contributed by atoms with Gasteiger partial charge in [-0.3, -0.25) is 9.34 Å². The van der Waals surface area contributed by atoms with Crippen LogP contribution in [0.15, 0.2) is 35.3 Å². The van der Waals surface area contributed by atoms with Crippen molar-refractivity contribution < 1.29 is 0 Å². The number of piperazine rings is 2. The fraction of sp³-hybridized carbons (Fsp3) is 0.667. The summed E-state index contributed by atoms with van der Waals surface area (Å²) in [6.45, 7) is 15.1. The van der Waals surface area contributed by atoms with Crippen LogP contribution in [0.5, 0.6) is 0 Å². The number of likely N-dealkylation sites (N-methyl/N-ethyl adjacent to an activating group) is 2. The lowest BCUT2D eigenvalue weighted by Gasteiger charge is -2.47. The van der Waals surface area contributed by atoms with E-state index in [1.807, 2.05) is 6.07 Å². The van der Waals surface area contributed by atoms with Crippen LogP contribution in [0.25, 0.3) is 0 Å². The van der Waals surface area contributed by atoms with Crippen molar-refractivity contribution in [2.24, 2.45) is 4.99 Å². The third-order valence-corrected chi connectivity index (χ3v) is 11.4. The lowest BCUT2D eigenvalue weighted by molar-refractivity contribution is 0.187. The van der Waals surface area contributed by atoms with Crippen molar-refractivity contribution in [2.75, 3.05) is 79.5 Å². The third-order valence-electron chi connectivity index (χ3n) is 6.07. The molecular weight excluding hydrogens is 399 g/mol. The monoisotopic (exact) mass is 436 g/mol. The fourth-order valence-electron chi connectivity index (χ4n) is 4.09. The maximum atomic E-state index is 6.54. The van der Waals surface area contributed by atoms with E-state index in [-0.39, 0.29) is 0 Å². The minimum Gasteiger partial charge on any atom is -0.351 e. The molecule has 1 atom stereocenters. The van der Waals surface area contributed by atoms with Crippen LogP contribution in [0.1, 0.15) is 13.8 Å². The summed E-state index contributed by atoms with van der Waals surface area (Å²) in [4.78, 5) is 12.7. The molecule has 1 aromatic rings. The van der Waals surface area contributed by atoms with Crippen LogP contribution in [0, 0.1) is 0 Å². The molecule has 2 saturated heterocycles. The number of nitrogens with zero attached hydrogens (tertiary/aromatic N) is 6. The second-order valence-corrected chi connectivity index (χ2v) is 12.3. The number of rotatable bonds is 6. The van der Waals surface area contributed by atoms with E-state index >= 15 is 0 Å². The number of hydrogen-bond acceptors (Lipinski definition) is 4. The minimum absolute atomic E-state index is 1.00. The van der Waals surface area contributed by atoms with Crippen LogP contribution in [0.4, 0.5) is 5.69 Å². The molecule has 0 unspecified atom stereocenters. The van der Waals surface area contributed by atoms with E-state index in [4.69, 9.17) is 16.8 Å². The molecule has 0 aromatic heterocycles. The Morgan fingerprint density at radius 3 is 1.90 bits per heavy atom. The number of para-hydroxylation sites is 1. The fourth-order valence-corrected chi connectivity index (χ4v) is 7.70. The molecule has 8 heteroatoms. The van der Waals surface area contributed by atoms with Gasteiger partial charge in [0.05, 0.1) is 5.69 Å². The van der Waals surface area contributed by atoms with E-state index in [2.05, 4.69) is 76.2 Å². The molecule has 0 N–H and O–H groups in total. The summed E-state index contributed by atoms with van der Waals surface area (Å²) in [5, 5.41) is 0. The van der Waals surface area contributed by atoms with Gasteiger partial charge in [-0.15, -0.1) is 0 Å². The topological polar surface area (TPSA) is 28.6 Å². The Kier molecular flexibility index (Phi) is 8.25. The van der Waals surface area contributed by atoms with E-state index in [1.165, 1.54) is 0 Å². The first kappa shape index (κ1) is 22.9. The molecule has 1 aromatic carbocycles. The van der Waals surface area contributed by atoms with Crippen molar-refractivity contribution in [3.63, 3.8) is 0 Å². The molecule has 0 bridgehead atoms. The van der Waals surface area contributed by atoms with Gasteiger partial charge in [0.15, 0.2) is 5.58 Å². The van der Waals surface area contributed by atoms with Crippen LogP contribution in [0.2, 0.25) is 0 Å². The molecule has 0 radical (unpaired) electrons. The summed E-state index contributed by atoms with van der Waals surface area (Å²) in [7, 11) is 4.30. The van der Waals surface area contributed by atoms with Crippen molar-refractivity contribution in [2.45, 2.75) is 13.8 Å². The van der Waals surface area contributed by atoms with E-state index in [9.17, 15) is 0 Å². The van der Waals surface area contributed by atoms with E-state index in [1.54, 1.807) is 0 Å². The highest BCUT2D eigenvalue weighted by atomic mass is 32.4. The van der Waals surface area contributed by atoms with Gasteiger partial charge in [-0.1, -0.05) is 43.9 Å². The first-order valence-corrected chi connectivity index (χ1v) is 13.6. The average Bonchev–Trinajstić information content (AvgIpc) is 2.77. The van der Waals surface area contributed by atoms with Gasteiger partial charge in [0.25, 0.3) is 0 Å². The van der Waals surface area contributed by atoms with Gasteiger partial charge in [0.2, 0.25) is 0 Å². The maximum Gasteiger partial charge on any atom is 0.167 e. The molecule has 2 heterocycles. The first-order valence-electron chi connectivity index (χ1n) is 10.9. The zero-order chi connectivity index (χ0) is 20.9. The zero-order valence-electron chi connectivity index (χ0n) is 18.5. The van der Waals surface area contributed by atoms with Crippen molar-refractivity contribution in [1.29, 1.82) is 0 Å². The van der Waals surface area contributed by atoms with Gasteiger partial charge in [-0.2, -0.15) is 0 Å². The van der Waals surface area contributed by atoms with E-state index in [0.717, 1.165) is 76.7 Å². The summed E-state index contributed by atoms with van der Waals surface area (Å²) >= 11 is 6.54. The molecule has 0 aliphatic carbocycles. The molecule has 0 spiro atoms. The molecule has 3 rings (SSSR count). The molecule has 162 valence electrons.